The van der Waals surface area contributed by atoms with E-state index in [0.717, 1.165) is 12.5 Å². The Kier molecular flexibility index (Phi) is 3.91. The van der Waals surface area contributed by atoms with Gasteiger partial charge in [-0.1, -0.05) is 20.8 Å². The second-order valence-electron chi connectivity index (χ2n) is 4.27. The Hall–Kier alpha value is 0.310. The van der Waals surface area contributed by atoms with Crippen LogP contribution in [0.2, 0.25) is 0 Å². The van der Waals surface area contributed by atoms with Crippen molar-refractivity contribution in [1.29, 1.82) is 0 Å². The van der Waals surface area contributed by atoms with Crippen LogP contribution >= 0.6 is 12.6 Å². The summed E-state index contributed by atoms with van der Waals surface area (Å²) in [5, 5.41) is 0.410. The molecule has 0 bridgehead atoms. The monoisotopic (exact) mass is 188 g/mol. The summed E-state index contributed by atoms with van der Waals surface area (Å²) >= 11 is 4.58. The predicted octanol–water partition coefficient (Wildman–Crippen LogP) is 2.76. The van der Waals surface area contributed by atoms with Crippen molar-refractivity contribution in [1.82, 2.24) is 0 Å². The highest BCUT2D eigenvalue weighted by molar-refractivity contribution is 7.81. The molecule has 0 spiro atoms. The molecule has 1 heterocycles. The lowest BCUT2D eigenvalue weighted by Gasteiger charge is -2.32. The molecule has 0 aromatic heterocycles. The molecule has 1 saturated heterocycles. The normalized spacial score (nSPS) is 33.8. The minimum atomic E-state index is 0.386. The van der Waals surface area contributed by atoms with Gasteiger partial charge in [-0.3, -0.25) is 0 Å². The van der Waals surface area contributed by atoms with Gasteiger partial charge in [0.05, 0.1) is 6.10 Å². The summed E-state index contributed by atoms with van der Waals surface area (Å²) in [5.41, 5.74) is 0. The van der Waals surface area contributed by atoms with Gasteiger partial charge in [0.25, 0.3) is 0 Å². The van der Waals surface area contributed by atoms with Crippen molar-refractivity contribution in [2.75, 3.05) is 6.61 Å². The Labute approximate surface area is 81.3 Å². The van der Waals surface area contributed by atoms with E-state index in [4.69, 9.17) is 4.74 Å². The van der Waals surface area contributed by atoms with Crippen molar-refractivity contribution < 1.29 is 4.74 Å². The van der Waals surface area contributed by atoms with Crippen LogP contribution in [-0.4, -0.2) is 18.0 Å². The van der Waals surface area contributed by atoms with Gasteiger partial charge < -0.3 is 4.74 Å². The Morgan fingerprint density at radius 3 is 2.58 bits per heavy atom. The van der Waals surface area contributed by atoms with E-state index >= 15 is 0 Å². The van der Waals surface area contributed by atoms with E-state index in [0.29, 0.717) is 17.3 Å². The molecule has 0 aromatic carbocycles. The highest BCUT2D eigenvalue weighted by Crippen LogP contribution is 2.27. The molecule has 0 amide bonds. The Balaban J connectivity index is 2.40. The molecular formula is C10H20OS. The average Bonchev–Trinajstić information content (AvgIpc) is 2.03. The lowest BCUT2D eigenvalue weighted by atomic mass is 9.92. The summed E-state index contributed by atoms with van der Waals surface area (Å²) in [4.78, 5) is 0. The molecule has 0 aromatic rings. The number of rotatable bonds is 2. The van der Waals surface area contributed by atoms with E-state index in [2.05, 4.69) is 33.4 Å². The number of thiol groups is 1. The largest absolute Gasteiger partial charge is 0.377 e. The lowest BCUT2D eigenvalue weighted by Crippen LogP contribution is -2.34. The van der Waals surface area contributed by atoms with Crippen LogP contribution in [0.1, 0.15) is 33.6 Å². The predicted molar refractivity (Wildman–Crippen MR) is 55.8 cm³/mol. The molecule has 0 radical (unpaired) electrons. The molecule has 0 saturated carbocycles. The highest BCUT2D eigenvalue weighted by atomic mass is 32.1. The van der Waals surface area contributed by atoms with Crippen molar-refractivity contribution in [3.8, 4) is 0 Å². The number of hydrogen-bond donors (Lipinski definition) is 1. The smallest absolute Gasteiger partial charge is 0.0696 e. The van der Waals surface area contributed by atoms with Crippen LogP contribution in [0, 0.1) is 11.8 Å². The first-order valence-corrected chi connectivity index (χ1v) is 5.42. The SMILES string of the molecule is CC(C)C(S)C1C[C@@H](C)CCO1. The molecule has 0 aliphatic carbocycles. The van der Waals surface area contributed by atoms with Crippen LogP contribution < -0.4 is 0 Å². The van der Waals surface area contributed by atoms with Crippen LogP contribution in [0.15, 0.2) is 0 Å². The Morgan fingerprint density at radius 2 is 2.08 bits per heavy atom. The molecule has 1 aliphatic rings. The summed E-state index contributed by atoms with van der Waals surface area (Å²) in [6, 6.07) is 0. The molecule has 0 N–H and O–H groups in total. The summed E-state index contributed by atoms with van der Waals surface area (Å²) in [6.45, 7) is 7.65. The zero-order valence-electron chi connectivity index (χ0n) is 8.29. The topological polar surface area (TPSA) is 9.23 Å². The molecule has 1 aliphatic heterocycles. The summed E-state index contributed by atoms with van der Waals surface area (Å²) in [5.74, 6) is 1.43. The second-order valence-corrected chi connectivity index (χ2v) is 4.87. The molecule has 1 nitrogen and oxygen atoms in total. The van der Waals surface area contributed by atoms with Crippen molar-refractivity contribution in [2.24, 2.45) is 11.8 Å². The zero-order chi connectivity index (χ0) is 9.14. The van der Waals surface area contributed by atoms with Crippen LogP contribution in [0.25, 0.3) is 0 Å². The highest BCUT2D eigenvalue weighted by Gasteiger charge is 2.26. The maximum Gasteiger partial charge on any atom is 0.0696 e. The average molecular weight is 188 g/mol. The molecule has 3 atom stereocenters. The molecule has 2 unspecified atom stereocenters. The van der Waals surface area contributed by atoms with Crippen molar-refractivity contribution >= 4 is 12.6 Å². The summed E-state index contributed by atoms with van der Waals surface area (Å²) < 4.78 is 5.70. The second kappa shape index (κ2) is 4.52. The van der Waals surface area contributed by atoms with E-state index in [1.54, 1.807) is 0 Å². The minimum Gasteiger partial charge on any atom is -0.377 e. The quantitative estimate of drug-likeness (QED) is 0.656. The summed E-state index contributed by atoms with van der Waals surface area (Å²) in [6.07, 6.45) is 2.79. The van der Waals surface area contributed by atoms with E-state index in [1.165, 1.54) is 12.8 Å². The first-order chi connectivity index (χ1) is 5.61. The number of ether oxygens (including phenoxy) is 1. The fraction of sp³-hybridized carbons (Fsp3) is 1.00. The first kappa shape index (κ1) is 10.4. The Morgan fingerprint density at radius 1 is 1.42 bits per heavy atom. The van der Waals surface area contributed by atoms with Crippen molar-refractivity contribution in [2.45, 2.75) is 45.0 Å². The summed E-state index contributed by atoms with van der Waals surface area (Å²) in [7, 11) is 0. The maximum absolute atomic E-state index is 5.70. The van der Waals surface area contributed by atoms with Crippen molar-refractivity contribution in [3.63, 3.8) is 0 Å². The molecule has 1 fully saturated rings. The van der Waals surface area contributed by atoms with Gasteiger partial charge in [0.15, 0.2) is 0 Å². The molecule has 72 valence electrons. The van der Waals surface area contributed by atoms with Gasteiger partial charge >= 0.3 is 0 Å². The van der Waals surface area contributed by atoms with E-state index in [-0.39, 0.29) is 0 Å². The molecule has 2 heteroatoms. The maximum atomic E-state index is 5.70. The van der Waals surface area contributed by atoms with E-state index in [9.17, 15) is 0 Å². The van der Waals surface area contributed by atoms with E-state index in [1.807, 2.05) is 0 Å². The van der Waals surface area contributed by atoms with Gasteiger partial charge in [-0.25, -0.2) is 0 Å². The van der Waals surface area contributed by atoms with Gasteiger partial charge in [0, 0.05) is 11.9 Å². The zero-order valence-corrected chi connectivity index (χ0v) is 9.18. The molecule has 12 heavy (non-hydrogen) atoms. The van der Waals surface area contributed by atoms with Crippen LogP contribution in [0.4, 0.5) is 0 Å². The van der Waals surface area contributed by atoms with Crippen LogP contribution in [0.3, 0.4) is 0 Å². The first-order valence-electron chi connectivity index (χ1n) is 4.91. The third-order valence-electron chi connectivity index (χ3n) is 2.64. The third-order valence-corrected chi connectivity index (χ3v) is 3.57. The van der Waals surface area contributed by atoms with Crippen LogP contribution in [-0.2, 0) is 4.74 Å². The van der Waals surface area contributed by atoms with Gasteiger partial charge in [0.1, 0.15) is 0 Å². The Bertz CT molecular complexity index is 136. The van der Waals surface area contributed by atoms with Gasteiger partial charge in [-0.15, -0.1) is 0 Å². The van der Waals surface area contributed by atoms with Gasteiger partial charge in [-0.2, -0.15) is 12.6 Å². The molecular weight excluding hydrogens is 168 g/mol. The fourth-order valence-electron chi connectivity index (χ4n) is 1.67. The van der Waals surface area contributed by atoms with Crippen molar-refractivity contribution in [3.05, 3.63) is 0 Å². The fourth-order valence-corrected chi connectivity index (χ4v) is 1.88. The lowest BCUT2D eigenvalue weighted by molar-refractivity contribution is -0.0111. The van der Waals surface area contributed by atoms with Crippen LogP contribution in [0.5, 0.6) is 0 Å². The van der Waals surface area contributed by atoms with Gasteiger partial charge in [0.2, 0.25) is 0 Å². The standard InChI is InChI=1S/C10H20OS/c1-7(2)10(12)9-6-8(3)4-5-11-9/h7-10,12H,4-6H2,1-3H3/t8-,9?,10?/m0/s1. The van der Waals surface area contributed by atoms with Gasteiger partial charge in [-0.05, 0) is 24.7 Å². The number of hydrogen-bond acceptors (Lipinski definition) is 2. The third kappa shape index (κ3) is 2.67. The molecule has 1 rings (SSSR count). The van der Waals surface area contributed by atoms with E-state index < -0.39 is 0 Å². The minimum absolute atomic E-state index is 0.386.